The number of alkyl halides is 3. The SMILES string of the molecule is CN(C)CCCNc1nc(Nc2ccc(C(C)(C)C)cc2)cc(C(F)(F)F)n1. The molecule has 0 saturated carbocycles. The van der Waals surface area contributed by atoms with Crippen molar-refractivity contribution < 1.29 is 13.2 Å². The maximum atomic E-state index is 13.2. The normalized spacial score (nSPS) is 12.3. The van der Waals surface area contributed by atoms with Gasteiger partial charge in [-0.25, -0.2) is 4.98 Å². The maximum absolute atomic E-state index is 13.2. The van der Waals surface area contributed by atoms with Gasteiger partial charge in [-0.1, -0.05) is 32.9 Å². The van der Waals surface area contributed by atoms with E-state index in [9.17, 15) is 13.2 Å². The van der Waals surface area contributed by atoms with Crippen LogP contribution in [0.1, 0.15) is 38.4 Å². The monoisotopic (exact) mass is 395 g/mol. The van der Waals surface area contributed by atoms with Crippen molar-refractivity contribution in [3.8, 4) is 0 Å². The molecule has 154 valence electrons. The lowest BCUT2D eigenvalue weighted by atomic mass is 9.87. The summed E-state index contributed by atoms with van der Waals surface area (Å²) in [5.41, 5.74) is 0.824. The van der Waals surface area contributed by atoms with Gasteiger partial charge in [-0.05, 0) is 50.2 Å². The van der Waals surface area contributed by atoms with Gasteiger partial charge in [-0.15, -0.1) is 0 Å². The Morgan fingerprint density at radius 2 is 1.64 bits per heavy atom. The van der Waals surface area contributed by atoms with Crippen LogP contribution < -0.4 is 10.6 Å². The minimum Gasteiger partial charge on any atom is -0.354 e. The van der Waals surface area contributed by atoms with Crippen molar-refractivity contribution in [3.63, 3.8) is 0 Å². The van der Waals surface area contributed by atoms with E-state index < -0.39 is 11.9 Å². The van der Waals surface area contributed by atoms with E-state index >= 15 is 0 Å². The van der Waals surface area contributed by atoms with Crippen LogP contribution in [0.2, 0.25) is 0 Å². The average molecular weight is 395 g/mol. The van der Waals surface area contributed by atoms with Crippen LogP contribution in [-0.4, -0.2) is 42.1 Å². The molecule has 0 fully saturated rings. The largest absolute Gasteiger partial charge is 0.433 e. The predicted molar refractivity (Wildman–Crippen MR) is 107 cm³/mol. The molecule has 0 aliphatic heterocycles. The minimum absolute atomic E-state index is 0.000544. The van der Waals surface area contributed by atoms with Gasteiger partial charge in [0.2, 0.25) is 5.95 Å². The Hall–Kier alpha value is -2.35. The van der Waals surface area contributed by atoms with E-state index in [4.69, 9.17) is 0 Å². The smallest absolute Gasteiger partial charge is 0.354 e. The number of halogens is 3. The van der Waals surface area contributed by atoms with Crippen molar-refractivity contribution in [1.29, 1.82) is 0 Å². The number of rotatable bonds is 7. The zero-order valence-corrected chi connectivity index (χ0v) is 17.0. The Kier molecular flexibility index (Phi) is 6.87. The Labute approximate surface area is 164 Å². The molecular formula is C20H28F3N5. The van der Waals surface area contributed by atoms with Crippen LogP contribution in [0.3, 0.4) is 0 Å². The summed E-state index contributed by atoms with van der Waals surface area (Å²) in [4.78, 5) is 9.79. The first-order chi connectivity index (χ1) is 12.9. The molecule has 0 atom stereocenters. The number of aromatic nitrogens is 2. The number of benzene rings is 1. The van der Waals surface area contributed by atoms with Crippen LogP contribution in [0.5, 0.6) is 0 Å². The topological polar surface area (TPSA) is 53.1 Å². The number of hydrogen-bond donors (Lipinski definition) is 2. The summed E-state index contributed by atoms with van der Waals surface area (Å²) >= 11 is 0. The van der Waals surface area contributed by atoms with E-state index in [1.807, 2.05) is 43.3 Å². The molecule has 0 radical (unpaired) electrons. The van der Waals surface area contributed by atoms with Crippen LogP contribution in [0.15, 0.2) is 30.3 Å². The molecule has 0 spiro atoms. The predicted octanol–water partition coefficient (Wildman–Crippen LogP) is 4.90. The molecule has 0 aliphatic rings. The molecule has 1 aromatic carbocycles. The van der Waals surface area contributed by atoms with Gasteiger partial charge in [0.25, 0.3) is 0 Å². The summed E-state index contributed by atoms with van der Waals surface area (Å²) in [6.07, 6.45) is -3.78. The van der Waals surface area contributed by atoms with Crippen LogP contribution in [-0.2, 0) is 11.6 Å². The Morgan fingerprint density at radius 1 is 1.00 bits per heavy atom. The van der Waals surface area contributed by atoms with Crippen LogP contribution in [0.4, 0.5) is 30.6 Å². The molecule has 5 nitrogen and oxygen atoms in total. The molecule has 1 aromatic heterocycles. The molecule has 2 rings (SSSR count). The lowest BCUT2D eigenvalue weighted by molar-refractivity contribution is -0.141. The Bertz CT molecular complexity index is 765. The van der Waals surface area contributed by atoms with E-state index in [-0.39, 0.29) is 17.2 Å². The van der Waals surface area contributed by atoms with Gasteiger partial charge < -0.3 is 15.5 Å². The van der Waals surface area contributed by atoms with Crippen molar-refractivity contribution >= 4 is 17.5 Å². The first kappa shape index (κ1) is 21.9. The highest BCUT2D eigenvalue weighted by Gasteiger charge is 2.33. The van der Waals surface area contributed by atoms with Gasteiger partial charge in [0.15, 0.2) is 5.69 Å². The van der Waals surface area contributed by atoms with Gasteiger partial charge >= 0.3 is 6.18 Å². The molecule has 0 unspecified atom stereocenters. The van der Waals surface area contributed by atoms with Crippen molar-refractivity contribution in [3.05, 3.63) is 41.6 Å². The number of nitrogens with zero attached hydrogens (tertiary/aromatic N) is 3. The number of anilines is 3. The summed E-state index contributed by atoms with van der Waals surface area (Å²) in [5, 5.41) is 5.82. The van der Waals surface area contributed by atoms with E-state index in [0.29, 0.717) is 12.2 Å². The second kappa shape index (κ2) is 8.77. The third-order valence-electron chi connectivity index (χ3n) is 4.11. The summed E-state index contributed by atoms with van der Waals surface area (Å²) in [6, 6.07) is 8.49. The highest BCUT2D eigenvalue weighted by molar-refractivity contribution is 5.58. The van der Waals surface area contributed by atoms with Gasteiger partial charge in [0.05, 0.1) is 0 Å². The van der Waals surface area contributed by atoms with E-state index in [1.165, 1.54) is 0 Å². The quantitative estimate of drug-likeness (QED) is 0.653. The van der Waals surface area contributed by atoms with Crippen molar-refractivity contribution in [1.82, 2.24) is 14.9 Å². The second-order valence-corrected chi connectivity index (χ2v) is 8.00. The first-order valence-corrected chi connectivity index (χ1v) is 9.17. The lowest BCUT2D eigenvalue weighted by Gasteiger charge is -2.19. The highest BCUT2D eigenvalue weighted by atomic mass is 19.4. The molecular weight excluding hydrogens is 367 g/mol. The lowest BCUT2D eigenvalue weighted by Crippen LogP contribution is -2.18. The Morgan fingerprint density at radius 3 is 2.18 bits per heavy atom. The maximum Gasteiger partial charge on any atom is 0.433 e. The zero-order valence-electron chi connectivity index (χ0n) is 17.0. The van der Waals surface area contributed by atoms with Crippen molar-refractivity contribution in [2.45, 2.75) is 38.8 Å². The molecule has 0 bridgehead atoms. The standard InChI is InChI=1S/C20H28F3N5/c1-19(2,3)14-7-9-15(10-8-14)25-17-13-16(20(21,22)23)26-18(27-17)24-11-6-12-28(4)5/h7-10,13H,6,11-12H2,1-5H3,(H2,24,25,26,27). The van der Waals surface area contributed by atoms with Gasteiger partial charge in [-0.2, -0.15) is 18.2 Å². The molecule has 2 aromatic rings. The van der Waals surface area contributed by atoms with Crippen molar-refractivity contribution in [2.24, 2.45) is 0 Å². The average Bonchev–Trinajstić information content (AvgIpc) is 2.57. The van der Waals surface area contributed by atoms with E-state index in [2.05, 4.69) is 41.4 Å². The fraction of sp³-hybridized carbons (Fsp3) is 0.500. The van der Waals surface area contributed by atoms with Crippen LogP contribution >= 0.6 is 0 Å². The number of nitrogens with one attached hydrogen (secondary N) is 2. The summed E-state index contributed by atoms with van der Waals surface area (Å²) in [5.74, 6) is 0.0586. The van der Waals surface area contributed by atoms with Crippen LogP contribution in [0.25, 0.3) is 0 Å². The summed E-state index contributed by atoms with van der Waals surface area (Å²) < 4.78 is 39.6. The third kappa shape index (κ3) is 6.67. The van der Waals surface area contributed by atoms with Gasteiger partial charge in [-0.3, -0.25) is 0 Å². The Balaban J connectivity index is 2.19. The second-order valence-electron chi connectivity index (χ2n) is 8.00. The van der Waals surface area contributed by atoms with Crippen molar-refractivity contribution in [2.75, 3.05) is 37.8 Å². The molecule has 0 saturated heterocycles. The highest BCUT2D eigenvalue weighted by Crippen LogP contribution is 2.31. The third-order valence-corrected chi connectivity index (χ3v) is 4.11. The van der Waals surface area contributed by atoms with E-state index in [0.717, 1.165) is 24.6 Å². The molecule has 2 N–H and O–H groups in total. The fourth-order valence-electron chi connectivity index (χ4n) is 2.53. The van der Waals surface area contributed by atoms with Crippen LogP contribution in [0, 0.1) is 0 Å². The molecule has 1 heterocycles. The first-order valence-electron chi connectivity index (χ1n) is 9.17. The molecule has 0 amide bonds. The van der Waals surface area contributed by atoms with Gasteiger partial charge in [0.1, 0.15) is 5.82 Å². The molecule has 0 aliphatic carbocycles. The molecule has 8 heteroatoms. The van der Waals surface area contributed by atoms with E-state index in [1.54, 1.807) is 0 Å². The summed E-state index contributed by atoms with van der Waals surface area (Å²) in [6.45, 7) is 7.60. The minimum atomic E-state index is -4.55. The van der Waals surface area contributed by atoms with Gasteiger partial charge in [0, 0.05) is 18.3 Å². The zero-order chi connectivity index (χ0) is 20.9. The number of hydrogen-bond acceptors (Lipinski definition) is 5. The summed E-state index contributed by atoms with van der Waals surface area (Å²) in [7, 11) is 3.88. The fourth-order valence-corrected chi connectivity index (χ4v) is 2.53. The molecule has 28 heavy (non-hydrogen) atoms.